The van der Waals surface area contributed by atoms with Gasteiger partial charge in [-0.2, -0.15) is 0 Å². The van der Waals surface area contributed by atoms with E-state index in [4.69, 9.17) is 4.74 Å². The summed E-state index contributed by atoms with van der Waals surface area (Å²) in [6, 6.07) is 17.1. The summed E-state index contributed by atoms with van der Waals surface area (Å²) in [5.41, 5.74) is 3.29. The minimum Gasteiger partial charge on any atom is -0.492 e. The lowest BCUT2D eigenvalue weighted by atomic mass is 10.1. The van der Waals surface area contributed by atoms with Gasteiger partial charge in [0.2, 0.25) is 0 Å². The van der Waals surface area contributed by atoms with E-state index in [2.05, 4.69) is 20.6 Å². The molecule has 0 unspecified atom stereocenters. The SMILES string of the molecule is CCOc1ccccc1Nc1cc(C(=O)NCc2ccccc2C)ncn1. The van der Waals surface area contributed by atoms with E-state index in [-0.39, 0.29) is 5.91 Å². The smallest absolute Gasteiger partial charge is 0.270 e. The van der Waals surface area contributed by atoms with Crippen LogP contribution in [-0.2, 0) is 6.54 Å². The Bertz CT molecular complexity index is 927. The van der Waals surface area contributed by atoms with Gasteiger partial charge in [0.05, 0.1) is 12.3 Å². The van der Waals surface area contributed by atoms with Crippen molar-refractivity contribution in [3.8, 4) is 5.75 Å². The van der Waals surface area contributed by atoms with Crippen LogP contribution in [0, 0.1) is 6.92 Å². The van der Waals surface area contributed by atoms with E-state index in [9.17, 15) is 4.79 Å². The van der Waals surface area contributed by atoms with E-state index in [0.717, 1.165) is 22.6 Å². The van der Waals surface area contributed by atoms with Gasteiger partial charge in [0.15, 0.2) is 0 Å². The van der Waals surface area contributed by atoms with Crippen LogP contribution in [0.25, 0.3) is 0 Å². The highest BCUT2D eigenvalue weighted by Gasteiger charge is 2.10. The Hall–Kier alpha value is -3.41. The van der Waals surface area contributed by atoms with Crippen molar-refractivity contribution in [2.24, 2.45) is 0 Å². The fraction of sp³-hybridized carbons (Fsp3) is 0.190. The number of rotatable bonds is 7. The summed E-state index contributed by atoms with van der Waals surface area (Å²) in [5, 5.41) is 6.08. The van der Waals surface area contributed by atoms with Gasteiger partial charge >= 0.3 is 0 Å². The van der Waals surface area contributed by atoms with Gasteiger partial charge in [-0.3, -0.25) is 4.79 Å². The number of hydrogen-bond donors (Lipinski definition) is 2. The Morgan fingerprint density at radius 1 is 1.07 bits per heavy atom. The lowest BCUT2D eigenvalue weighted by Crippen LogP contribution is -2.24. The van der Waals surface area contributed by atoms with E-state index in [1.165, 1.54) is 6.33 Å². The predicted molar refractivity (Wildman–Crippen MR) is 105 cm³/mol. The Morgan fingerprint density at radius 2 is 1.85 bits per heavy atom. The number of nitrogens with one attached hydrogen (secondary N) is 2. The molecule has 3 aromatic rings. The third-order valence-electron chi connectivity index (χ3n) is 4.05. The van der Waals surface area contributed by atoms with Gasteiger partial charge < -0.3 is 15.4 Å². The number of nitrogens with zero attached hydrogens (tertiary/aromatic N) is 2. The minimum atomic E-state index is -0.248. The quantitative estimate of drug-likeness (QED) is 0.667. The van der Waals surface area contributed by atoms with Crippen molar-refractivity contribution in [1.82, 2.24) is 15.3 Å². The summed E-state index contributed by atoms with van der Waals surface area (Å²) in [5.74, 6) is 1.00. The lowest BCUT2D eigenvalue weighted by Gasteiger charge is -2.12. The highest BCUT2D eigenvalue weighted by atomic mass is 16.5. The molecule has 2 N–H and O–H groups in total. The summed E-state index contributed by atoms with van der Waals surface area (Å²) >= 11 is 0. The van der Waals surface area contributed by atoms with Gasteiger partial charge in [-0.15, -0.1) is 0 Å². The summed E-state index contributed by atoms with van der Waals surface area (Å²) in [6.45, 7) is 4.96. The number of hydrogen-bond acceptors (Lipinski definition) is 5. The van der Waals surface area contributed by atoms with E-state index in [1.54, 1.807) is 6.07 Å². The molecule has 6 heteroatoms. The Kier molecular flexibility index (Phi) is 5.99. The Morgan fingerprint density at radius 3 is 2.67 bits per heavy atom. The van der Waals surface area contributed by atoms with E-state index in [1.807, 2.05) is 62.4 Å². The molecule has 6 nitrogen and oxygen atoms in total. The van der Waals surface area contributed by atoms with Gasteiger partial charge in [0.25, 0.3) is 5.91 Å². The number of para-hydroxylation sites is 2. The Labute approximate surface area is 158 Å². The highest BCUT2D eigenvalue weighted by Crippen LogP contribution is 2.26. The second kappa shape index (κ2) is 8.80. The van der Waals surface area contributed by atoms with Crippen molar-refractivity contribution < 1.29 is 9.53 Å². The van der Waals surface area contributed by atoms with E-state index >= 15 is 0 Å². The average Bonchev–Trinajstić information content (AvgIpc) is 2.69. The van der Waals surface area contributed by atoms with Crippen LogP contribution in [0.4, 0.5) is 11.5 Å². The first-order valence-electron chi connectivity index (χ1n) is 8.81. The molecule has 0 radical (unpaired) electrons. The third-order valence-corrected chi connectivity index (χ3v) is 4.05. The number of carbonyl (C=O) groups excluding carboxylic acids is 1. The zero-order valence-electron chi connectivity index (χ0n) is 15.4. The number of amides is 1. The molecule has 1 amide bonds. The third kappa shape index (κ3) is 4.82. The maximum atomic E-state index is 12.4. The fourth-order valence-corrected chi connectivity index (χ4v) is 2.61. The molecule has 27 heavy (non-hydrogen) atoms. The second-order valence-corrected chi connectivity index (χ2v) is 5.95. The number of aryl methyl sites for hydroxylation is 1. The van der Waals surface area contributed by atoms with Crippen LogP contribution in [0.5, 0.6) is 5.75 Å². The molecule has 1 aromatic heterocycles. The molecule has 0 bridgehead atoms. The Balaban J connectivity index is 1.70. The number of carbonyl (C=O) groups is 1. The summed E-state index contributed by atoms with van der Waals surface area (Å²) < 4.78 is 5.60. The molecule has 0 saturated heterocycles. The molecule has 2 aromatic carbocycles. The molecular weight excluding hydrogens is 340 g/mol. The number of benzene rings is 2. The number of aromatic nitrogens is 2. The standard InChI is InChI=1S/C21H22N4O2/c1-3-27-19-11-7-6-10-17(19)25-20-12-18(23-14-24-20)21(26)22-13-16-9-5-4-8-15(16)2/h4-12,14H,3,13H2,1-2H3,(H,22,26)(H,23,24,25). The van der Waals surface area contributed by atoms with Crippen LogP contribution in [0.15, 0.2) is 60.9 Å². The molecule has 0 atom stereocenters. The van der Waals surface area contributed by atoms with Gasteiger partial charge in [-0.25, -0.2) is 9.97 Å². The van der Waals surface area contributed by atoms with Crippen LogP contribution in [0.1, 0.15) is 28.5 Å². The summed E-state index contributed by atoms with van der Waals surface area (Å²) in [6.07, 6.45) is 1.37. The van der Waals surface area contributed by atoms with Crippen LogP contribution < -0.4 is 15.4 Å². The first-order valence-corrected chi connectivity index (χ1v) is 8.81. The van der Waals surface area contributed by atoms with Gasteiger partial charge in [0.1, 0.15) is 23.6 Å². The minimum absolute atomic E-state index is 0.248. The highest BCUT2D eigenvalue weighted by molar-refractivity contribution is 5.93. The summed E-state index contributed by atoms with van der Waals surface area (Å²) in [7, 11) is 0. The second-order valence-electron chi connectivity index (χ2n) is 5.95. The lowest BCUT2D eigenvalue weighted by molar-refractivity contribution is 0.0945. The summed E-state index contributed by atoms with van der Waals surface area (Å²) in [4.78, 5) is 20.7. The molecule has 0 saturated carbocycles. The topological polar surface area (TPSA) is 76.1 Å². The normalized spacial score (nSPS) is 10.3. The molecule has 3 rings (SSSR count). The van der Waals surface area contributed by atoms with Crippen LogP contribution in [0.3, 0.4) is 0 Å². The zero-order chi connectivity index (χ0) is 19.1. The van der Waals surface area contributed by atoms with Crippen molar-refractivity contribution in [3.63, 3.8) is 0 Å². The molecule has 0 aliphatic rings. The zero-order valence-corrected chi connectivity index (χ0v) is 15.4. The largest absolute Gasteiger partial charge is 0.492 e. The maximum Gasteiger partial charge on any atom is 0.270 e. The van der Waals surface area contributed by atoms with E-state index < -0.39 is 0 Å². The molecule has 0 aliphatic heterocycles. The molecule has 0 spiro atoms. The van der Waals surface area contributed by atoms with Gasteiger partial charge in [0, 0.05) is 12.6 Å². The van der Waals surface area contributed by atoms with Crippen molar-refractivity contribution in [2.75, 3.05) is 11.9 Å². The van der Waals surface area contributed by atoms with Crippen molar-refractivity contribution in [3.05, 3.63) is 77.7 Å². The fourth-order valence-electron chi connectivity index (χ4n) is 2.61. The van der Waals surface area contributed by atoms with Crippen LogP contribution in [0.2, 0.25) is 0 Å². The van der Waals surface area contributed by atoms with E-state index in [0.29, 0.717) is 24.7 Å². The monoisotopic (exact) mass is 362 g/mol. The first kappa shape index (κ1) is 18.4. The molecule has 138 valence electrons. The van der Waals surface area contributed by atoms with Gasteiger partial charge in [-0.05, 0) is 37.1 Å². The predicted octanol–water partition coefficient (Wildman–Crippen LogP) is 3.86. The van der Waals surface area contributed by atoms with Gasteiger partial charge in [-0.1, -0.05) is 36.4 Å². The first-order chi connectivity index (χ1) is 13.2. The van der Waals surface area contributed by atoms with Crippen molar-refractivity contribution in [1.29, 1.82) is 0 Å². The number of anilines is 2. The molecule has 1 heterocycles. The molecule has 0 fully saturated rings. The molecule has 0 aliphatic carbocycles. The molecular formula is C21H22N4O2. The van der Waals surface area contributed by atoms with Crippen LogP contribution >= 0.6 is 0 Å². The maximum absolute atomic E-state index is 12.4. The average molecular weight is 362 g/mol. The van der Waals surface area contributed by atoms with Crippen molar-refractivity contribution in [2.45, 2.75) is 20.4 Å². The van der Waals surface area contributed by atoms with Crippen molar-refractivity contribution >= 4 is 17.4 Å². The van der Waals surface area contributed by atoms with Crippen LogP contribution in [-0.4, -0.2) is 22.5 Å². The number of ether oxygens (including phenoxy) is 1.